The Kier molecular flexibility index (Phi) is 9.43. The van der Waals surface area contributed by atoms with Gasteiger partial charge in [0, 0.05) is 32.5 Å². The first-order chi connectivity index (χ1) is 8.15. The quantitative estimate of drug-likeness (QED) is 0.481. The minimum Gasteiger partial charge on any atom is -0.469 e. The van der Waals surface area contributed by atoms with E-state index < -0.39 is 0 Å². The third kappa shape index (κ3) is 7.74. The van der Waals surface area contributed by atoms with Gasteiger partial charge in [0.1, 0.15) is 0 Å². The van der Waals surface area contributed by atoms with Gasteiger partial charge in [0.05, 0.1) is 7.11 Å². The molecule has 100 valence electrons. The molecule has 1 amide bonds. The van der Waals surface area contributed by atoms with Crippen LogP contribution in [0.25, 0.3) is 0 Å². The van der Waals surface area contributed by atoms with Crippen LogP contribution in [0.3, 0.4) is 0 Å². The Morgan fingerprint density at radius 1 is 1.12 bits per heavy atom. The number of carbonyl (C=O) groups is 2. The Bertz CT molecular complexity index is 228. The van der Waals surface area contributed by atoms with E-state index in [1.807, 2.05) is 18.7 Å². The molecule has 0 spiro atoms. The molecule has 0 fully saturated rings. The number of amides is 1. The highest BCUT2D eigenvalue weighted by Gasteiger charge is 2.08. The highest BCUT2D eigenvalue weighted by Crippen LogP contribution is 1.93. The summed E-state index contributed by atoms with van der Waals surface area (Å²) in [6.07, 6.45) is 1.68. The maximum Gasteiger partial charge on any atom is 0.305 e. The van der Waals surface area contributed by atoms with Crippen LogP contribution < -0.4 is 5.32 Å². The Labute approximate surface area is 103 Å². The van der Waals surface area contributed by atoms with Crippen molar-refractivity contribution in [3.63, 3.8) is 0 Å². The summed E-state index contributed by atoms with van der Waals surface area (Å²) in [7, 11) is 1.39. The van der Waals surface area contributed by atoms with Gasteiger partial charge >= 0.3 is 5.97 Å². The van der Waals surface area contributed by atoms with Crippen molar-refractivity contribution >= 4 is 11.9 Å². The van der Waals surface area contributed by atoms with Crippen molar-refractivity contribution in [2.75, 3.05) is 33.3 Å². The number of methoxy groups -OCH3 is 1. The van der Waals surface area contributed by atoms with Gasteiger partial charge in [-0.3, -0.25) is 9.59 Å². The summed E-state index contributed by atoms with van der Waals surface area (Å²) in [6.45, 7) is 6.88. The molecule has 0 radical (unpaired) electrons. The Morgan fingerprint density at radius 3 is 2.29 bits per heavy atom. The summed E-state index contributed by atoms with van der Waals surface area (Å²) in [6, 6.07) is 0. The first-order valence-electron chi connectivity index (χ1n) is 6.21. The zero-order valence-electron chi connectivity index (χ0n) is 11.1. The number of ether oxygens (including phenoxy) is 1. The van der Waals surface area contributed by atoms with Gasteiger partial charge in [-0.15, -0.1) is 0 Å². The lowest BCUT2D eigenvalue weighted by Gasteiger charge is -2.18. The SMILES string of the molecule is CCN(CC)C(=O)CCNCCCC(=O)OC. The minimum atomic E-state index is -0.189. The molecule has 0 rings (SSSR count). The number of nitrogens with zero attached hydrogens (tertiary/aromatic N) is 1. The van der Waals surface area contributed by atoms with Gasteiger partial charge < -0.3 is 15.0 Å². The van der Waals surface area contributed by atoms with Gasteiger partial charge in [0.2, 0.25) is 5.91 Å². The Morgan fingerprint density at radius 2 is 1.76 bits per heavy atom. The maximum atomic E-state index is 11.6. The normalized spacial score (nSPS) is 10.1. The van der Waals surface area contributed by atoms with E-state index in [9.17, 15) is 9.59 Å². The highest BCUT2D eigenvalue weighted by molar-refractivity contribution is 5.76. The molecular weight excluding hydrogens is 220 g/mol. The van der Waals surface area contributed by atoms with E-state index in [2.05, 4.69) is 10.1 Å². The lowest BCUT2D eigenvalue weighted by molar-refractivity contribution is -0.140. The summed E-state index contributed by atoms with van der Waals surface area (Å²) < 4.78 is 4.53. The van der Waals surface area contributed by atoms with Crippen molar-refractivity contribution < 1.29 is 14.3 Å². The van der Waals surface area contributed by atoms with Crippen LogP contribution in [0, 0.1) is 0 Å². The Hall–Kier alpha value is -1.10. The third-order valence-electron chi connectivity index (χ3n) is 2.59. The lowest BCUT2D eigenvalue weighted by atomic mass is 10.3. The summed E-state index contributed by atoms with van der Waals surface area (Å²) >= 11 is 0. The molecule has 0 aliphatic heterocycles. The predicted octanol–water partition coefficient (Wildman–Crippen LogP) is 0.788. The van der Waals surface area contributed by atoms with Crippen molar-refractivity contribution in [1.82, 2.24) is 10.2 Å². The molecule has 0 aliphatic rings. The van der Waals surface area contributed by atoms with Gasteiger partial charge in [-0.05, 0) is 26.8 Å². The van der Waals surface area contributed by atoms with Crippen LogP contribution in [0.2, 0.25) is 0 Å². The molecule has 0 aromatic rings. The molecule has 0 atom stereocenters. The van der Waals surface area contributed by atoms with Crippen molar-refractivity contribution in [3.05, 3.63) is 0 Å². The molecule has 0 saturated heterocycles. The molecule has 0 aliphatic carbocycles. The Balaban J connectivity index is 3.45. The maximum absolute atomic E-state index is 11.6. The van der Waals surface area contributed by atoms with E-state index in [-0.39, 0.29) is 11.9 Å². The molecule has 1 N–H and O–H groups in total. The van der Waals surface area contributed by atoms with Crippen LogP contribution in [0.4, 0.5) is 0 Å². The first kappa shape index (κ1) is 15.9. The summed E-state index contributed by atoms with van der Waals surface area (Å²) in [5.74, 6) is -0.0125. The summed E-state index contributed by atoms with van der Waals surface area (Å²) in [5.41, 5.74) is 0. The predicted molar refractivity (Wildman–Crippen MR) is 66.7 cm³/mol. The topological polar surface area (TPSA) is 58.6 Å². The number of nitrogens with one attached hydrogen (secondary N) is 1. The van der Waals surface area contributed by atoms with E-state index in [4.69, 9.17) is 0 Å². The minimum absolute atomic E-state index is 0.176. The standard InChI is InChI=1S/C12H24N2O3/c1-4-14(5-2)11(15)8-10-13-9-6-7-12(16)17-3/h13H,4-10H2,1-3H3. The average molecular weight is 244 g/mol. The van der Waals surface area contributed by atoms with Gasteiger partial charge in [-0.25, -0.2) is 0 Å². The van der Waals surface area contributed by atoms with E-state index >= 15 is 0 Å². The van der Waals surface area contributed by atoms with Gasteiger partial charge in [-0.2, -0.15) is 0 Å². The van der Waals surface area contributed by atoms with Crippen LogP contribution >= 0.6 is 0 Å². The fourth-order valence-corrected chi connectivity index (χ4v) is 1.51. The second-order valence-corrected chi connectivity index (χ2v) is 3.75. The second kappa shape index (κ2) is 10.1. The van der Waals surface area contributed by atoms with E-state index in [0.717, 1.165) is 26.1 Å². The molecule has 0 bridgehead atoms. The number of hydrogen-bond donors (Lipinski definition) is 1. The second-order valence-electron chi connectivity index (χ2n) is 3.75. The molecule has 0 unspecified atom stereocenters. The fraction of sp³-hybridized carbons (Fsp3) is 0.833. The molecule has 0 saturated carbocycles. The smallest absolute Gasteiger partial charge is 0.305 e. The number of esters is 1. The fourth-order valence-electron chi connectivity index (χ4n) is 1.51. The number of carbonyl (C=O) groups excluding carboxylic acids is 2. The summed E-state index contributed by atoms with van der Waals surface area (Å²) in [5, 5.41) is 3.14. The molecule has 5 heteroatoms. The average Bonchev–Trinajstić information content (AvgIpc) is 2.34. The lowest BCUT2D eigenvalue weighted by Crippen LogP contribution is -2.33. The van der Waals surface area contributed by atoms with Crippen LogP contribution in [0.5, 0.6) is 0 Å². The van der Waals surface area contributed by atoms with E-state index in [0.29, 0.717) is 19.4 Å². The molecule has 0 heterocycles. The zero-order valence-corrected chi connectivity index (χ0v) is 11.1. The van der Waals surface area contributed by atoms with Crippen LogP contribution in [-0.4, -0.2) is 50.1 Å². The van der Waals surface area contributed by atoms with Crippen molar-refractivity contribution in [2.45, 2.75) is 33.1 Å². The highest BCUT2D eigenvalue weighted by atomic mass is 16.5. The third-order valence-corrected chi connectivity index (χ3v) is 2.59. The molecule has 0 aromatic heterocycles. The van der Waals surface area contributed by atoms with Crippen LogP contribution in [0.15, 0.2) is 0 Å². The van der Waals surface area contributed by atoms with Crippen LogP contribution in [0.1, 0.15) is 33.1 Å². The van der Waals surface area contributed by atoms with E-state index in [1.165, 1.54) is 7.11 Å². The molecule has 17 heavy (non-hydrogen) atoms. The van der Waals surface area contributed by atoms with Crippen molar-refractivity contribution in [1.29, 1.82) is 0 Å². The molecule has 5 nitrogen and oxygen atoms in total. The number of hydrogen-bond acceptors (Lipinski definition) is 4. The van der Waals surface area contributed by atoms with Gasteiger partial charge in [0.25, 0.3) is 0 Å². The van der Waals surface area contributed by atoms with E-state index in [1.54, 1.807) is 0 Å². The zero-order chi connectivity index (χ0) is 13.1. The van der Waals surface area contributed by atoms with Crippen LogP contribution in [-0.2, 0) is 14.3 Å². The van der Waals surface area contributed by atoms with Crippen molar-refractivity contribution in [3.8, 4) is 0 Å². The van der Waals surface area contributed by atoms with Crippen molar-refractivity contribution in [2.24, 2.45) is 0 Å². The van der Waals surface area contributed by atoms with Gasteiger partial charge in [0.15, 0.2) is 0 Å². The largest absolute Gasteiger partial charge is 0.469 e. The number of rotatable bonds is 9. The molecule has 0 aromatic carbocycles. The molecular formula is C12H24N2O3. The summed E-state index contributed by atoms with van der Waals surface area (Å²) in [4.78, 5) is 24.2. The van der Waals surface area contributed by atoms with Gasteiger partial charge in [-0.1, -0.05) is 0 Å². The monoisotopic (exact) mass is 244 g/mol. The first-order valence-corrected chi connectivity index (χ1v) is 6.21.